The van der Waals surface area contributed by atoms with Gasteiger partial charge in [0.1, 0.15) is 0 Å². The van der Waals surface area contributed by atoms with Crippen molar-refractivity contribution >= 4 is 34.8 Å². The Morgan fingerprint density at radius 3 is 1.73 bits per heavy atom. The van der Waals surface area contributed by atoms with Gasteiger partial charge >= 0.3 is 0 Å². The molecule has 1 atom stereocenters. The van der Waals surface area contributed by atoms with Crippen LogP contribution in [0.3, 0.4) is 0 Å². The van der Waals surface area contributed by atoms with Crippen molar-refractivity contribution in [3.05, 3.63) is 59.1 Å². The van der Waals surface area contributed by atoms with Crippen LogP contribution in [0.25, 0.3) is 0 Å². The Bertz CT molecular complexity index is 743. The molecule has 5 nitrogen and oxygen atoms in total. The van der Waals surface area contributed by atoms with Crippen LogP contribution in [0.5, 0.6) is 0 Å². The smallest absolute Gasteiger partial charge is 0.279 e. The number of nitrogens with one attached hydrogen (secondary N) is 3. The number of anilines is 2. The third-order valence-corrected chi connectivity index (χ3v) is 4.17. The highest BCUT2D eigenvalue weighted by molar-refractivity contribution is 6.30. The first kappa shape index (κ1) is 19.9. The van der Waals surface area contributed by atoms with E-state index in [9.17, 15) is 9.59 Å². The molecule has 0 bridgehead atoms. The van der Waals surface area contributed by atoms with Gasteiger partial charge < -0.3 is 15.5 Å². The van der Waals surface area contributed by atoms with E-state index in [-0.39, 0.29) is 24.9 Å². The minimum Gasteiger partial charge on any atom is -0.322 e. The molecule has 0 saturated carbocycles. The van der Waals surface area contributed by atoms with Crippen LogP contribution in [-0.2, 0) is 9.59 Å². The number of amides is 2. The van der Waals surface area contributed by atoms with Crippen molar-refractivity contribution in [3.63, 3.8) is 0 Å². The normalized spacial score (nSPS) is 11.9. The molecule has 0 aromatic heterocycles. The summed E-state index contributed by atoms with van der Waals surface area (Å²) < 4.78 is 0. The fourth-order valence-electron chi connectivity index (χ4n) is 2.51. The summed E-state index contributed by atoms with van der Waals surface area (Å²) in [5.41, 5.74) is 2.67. The number of rotatable bonds is 7. The summed E-state index contributed by atoms with van der Waals surface area (Å²) in [5.74, 6) is 0.174. The number of quaternary nitrogens is 1. The van der Waals surface area contributed by atoms with Crippen LogP contribution in [0, 0.1) is 0 Å². The lowest BCUT2D eigenvalue weighted by Gasteiger charge is -2.14. The van der Waals surface area contributed by atoms with Crippen LogP contribution in [-0.4, -0.2) is 32.0 Å². The Kier molecular flexibility index (Phi) is 7.18. The molecule has 2 amide bonds. The van der Waals surface area contributed by atoms with Crippen LogP contribution >= 0.6 is 11.6 Å². The fraction of sp³-hybridized carbons (Fsp3) is 0.300. The highest BCUT2D eigenvalue weighted by Crippen LogP contribution is 2.17. The van der Waals surface area contributed by atoms with E-state index in [0.29, 0.717) is 16.6 Å². The van der Waals surface area contributed by atoms with E-state index in [1.807, 2.05) is 31.3 Å². The summed E-state index contributed by atoms with van der Waals surface area (Å²) >= 11 is 5.82. The van der Waals surface area contributed by atoms with Crippen molar-refractivity contribution in [3.8, 4) is 0 Å². The predicted octanol–water partition coefficient (Wildman–Crippen LogP) is 2.56. The van der Waals surface area contributed by atoms with Crippen LogP contribution < -0.4 is 15.5 Å². The predicted molar refractivity (Wildman–Crippen MR) is 106 cm³/mol. The van der Waals surface area contributed by atoms with E-state index in [1.165, 1.54) is 5.56 Å². The van der Waals surface area contributed by atoms with E-state index in [1.54, 1.807) is 24.3 Å². The van der Waals surface area contributed by atoms with Gasteiger partial charge in [0.05, 0.1) is 7.05 Å². The molecule has 6 heteroatoms. The van der Waals surface area contributed by atoms with Gasteiger partial charge in [0, 0.05) is 16.4 Å². The minimum atomic E-state index is -0.154. The van der Waals surface area contributed by atoms with Crippen molar-refractivity contribution in [2.45, 2.75) is 19.8 Å². The number of hydrogen-bond acceptors (Lipinski definition) is 2. The monoisotopic (exact) mass is 374 g/mol. The maximum Gasteiger partial charge on any atom is 0.279 e. The first-order chi connectivity index (χ1) is 12.3. The lowest BCUT2D eigenvalue weighted by atomic mass is 10.0. The Balaban J connectivity index is 1.78. The van der Waals surface area contributed by atoms with Gasteiger partial charge in [-0.25, -0.2) is 0 Å². The molecule has 0 spiro atoms. The molecule has 2 rings (SSSR count). The second kappa shape index (κ2) is 9.36. The van der Waals surface area contributed by atoms with Crippen molar-refractivity contribution in [1.82, 2.24) is 0 Å². The number of halogens is 1. The van der Waals surface area contributed by atoms with E-state index in [4.69, 9.17) is 11.6 Å². The van der Waals surface area contributed by atoms with E-state index >= 15 is 0 Å². The Labute approximate surface area is 159 Å². The summed E-state index contributed by atoms with van der Waals surface area (Å²) in [6.45, 7) is 4.66. The maximum atomic E-state index is 12.1. The van der Waals surface area contributed by atoms with Gasteiger partial charge in [0.2, 0.25) is 0 Å². The van der Waals surface area contributed by atoms with Crippen molar-refractivity contribution in [2.75, 3.05) is 30.8 Å². The van der Waals surface area contributed by atoms with Gasteiger partial charge in [-0.1, -0.05) is 37.6 Å². The van der Waals surface area contributed by atoms with Gasteiger partial charge in [0.25, 0.3) is 11.8 Å². The highest BCUT2D eigenvalue weighted by atomic mass is 35.5. The topological polar surface area (TPSA) is 62.6 Å². The molecule has 0 aliphatic rings. The van der Waals surface area contributed by atoms with Gasteiger partial charge in [0.15, 0.2) is 13.1 Å². The first-order valence-corrected chi connectivity index (χ1v) is 8.98. The molecule has 26 heavy (non-hydrogen) atoms. The average Bonchev–Trinajstić information content (AvgIpc) is 2.57. The highest BCUT2D eigenvalue weighted by Gasteiger charge is 2.14. The lowest BCUT2D eigenvalue weighted by molar-refractivity contribution is -0.862. The van der Waals surface area contributed by atoms with Crippen LogP contribution in [0.2, 0.25) is 5.02 Å². The number of carbonyl (C=O) groups is 2. The third-order valence-electron chi connectivity index (χ3n) is 3.91. The SMILES string of the molecule is CC(C)c1ccc(NC(=O)C[NH+](C)CC(=O)Nc2ccc(Cl)cc2)cc1. The largest absolute Gasteiger partial charge is 0.322 e. The van der Waals surface area contributed by atoms with Crippen LogP contribution in [0.15, 0.2) is 48.5 Å². The fourth-order valence-corrected chi connectivity index (χ4v) is 2.63. The molecular weight excluding hydrogens is 350 g/mol. The van der Waals surface area contributed by atoms with Crippen molar-refractivity contribution in [1.29, 1.82) is 0 Å². The second-order valence-electron chi connectivity index (χ2n) is 6.69. The molecule has 3 N–H and O–H groups in total. The number of likely N-dealkylation sites (N-methyl/N-ethyl adjacent to an activating group) is 1. The quantitative estimate of drug-likeness (QED) is 0.697. The Hall–Kier alpha value is -2.37. The van der Waals surface area contributed by atoms with Gasteiger partial charge in [-0.2, -0.15) is 0 Å². The number of carbonyl (C=O) groups excluding carboxylic acids is 2. The molecule has 0 aliphatic carbocycles. The molecular formula is C20H25ClN3O2+. The zero-order valence-corrected chi connectivity index (χ0v) is 16.1. The Morgan fingerprint density at radius 2 is 1.31 bits per heavy atom. The van der Waals surface area contributed by atoms with Gasteiger partial charge in [-0.05, 0) is 47.9 Å². The number of benzene rings is 2. The second-order valence-corrected chi connectivity index (χ2v) is 7.13. The summed E-state index contributed by atoms with van der Waals surface area (Å²) in [4.78, 5) is 25.0. The van der Waals surface area contributed by atoms with Crippen molar-refractivity contribution in [2.24, 2.45) is 0 Å². The minimum absolute atomic E-state index is 0.126. The third kappa shape index (κ3) is 6.50. The molecule has 1 unspecified atom stereocenters. The molecule has 0 fully saturated rings. The molecule has 2 aromatic rings. The van der Waals surface area contributed by atoms with Gasteiger partial charge in [-0.15, -0.1) is 0 Å². The van der Waals surface area contributed by atoms with Gasteiger partial charge in [-0.3, -0.25) is 9.59 Å². The zero-order chi connectivity index (χ0) is 19.1. The molecule has 138 valence electrons. The summed E-state index contributed by atoms with van der Waals surface area (Å²) in [6, 6.07) is 14.7. The molecule has 0 radical (unpaired) electrons. The summed E-state index contributed by atoms with van der Waals surface area (Å²) in [5, 5.41) is 6.27. The van der Waals surface area contributed by atoms with E-state index < -0.39 is 0 Å². The summed E-state index contributed by atoms with van der Waals surface area (Å²) in [7, 11) is 1.81. The standard InChI is InChI=1S/C20H24ClN3O2/c1-14(2)15-4-8-17(9-5-15)22-19(25)12-24(3)13-20(26)23-18-10-6-16(21)7-11-18/h4-11,14H,12-13H2,1-3H3,(H,22,25)(H,23,26)/p+1. The van der Waals surface area contributed by atoms with E-state index in [2.05, 4.69) is 24.5 Å². The maximum absolute atomic E-state index is 12.1. The first-order valence-electron chi connectivity index (χ1n) is 8.60. The molecule has 0 heterocycles. The van der Waals surface area contributed by atoms with E-state index in [0.717, 1.165) is 10.6 Å². The number of hydrogen-bond donors (Lipinski definition) is 3. The van der Waals surface area contributed by atoms with Crippen LogP contribution in [0.1, 0.15) is 25.3 Å². The summed E-state index contributed by atoms with van der Waals surface area (Å²) in [6.07, 6.45) is 0. The molecule has 0 aliphatic heterocycles. The average molecular weight is 375 g/mol. The van der Waals surface area contributed by atoms with Crippen LogP contribution in [0.4, 0.5) is 11.4 Å². The zero-order valence-electron chi connectivity index (χ0n) is 15.3. The molecule has 2 aromatic carbocycles. The van der Waals surface area contributed by atoms with Crippen molar-refractivity contribution < 1.29 is 14.5 Å². The Morgan fingerprint density at radius 1 is 0.885 bits per heavy atom. The lowest BCUT2D eigenvalue weighted by Crippen LogP contribution is -3.11. The molecule has 0 saturated heterocycles.